The average molecular weight is 478 g/mol. The SMILES string of the molecule is CCOC(=O)C1=C(COC(=O)C(NC(C)=O)C2CCCC2)NC(=O)NC1c1ccc(Cl)cc1. The van der Waals surface area contributed by atoms with Crippen molar-refractivity contribution in [3.8, 4) is 0 Å². The summed E-state index contributed by atoms with van der Waals surface area (Å²) in [7, 11) is 0. The van der Waals surface area contributed by atoms with Crippen LogP contribution in [0, 0.1) is 5.92 Å². The lowest BCUT2D eigenvalue weighted by atomic mass is 9.95. The van der Waals surface area contributed by atoms with Crippen LogP contribution in [0.5, 0.6) is 0 Å². The lowest BCUT2D eigenvalue weighted by Crippen LogP contribution is -2.48. The molecule has 1 fully saturated rings. The molecule has 2 unspecified atom stereocenters. The molecule has 1 aliphatic carbocycles. The number of rotatable bonds is 8. The Morgan fingerprint density at radius 2 is 1.82 bits per heavy atom. The molecule has 2 aliphatic rings. The van der Waals surface area contributed by atoms with Gasteiger partial charge in [-0.05, 0) is 43.4 Å². The number of nitrogens with one attached hydrogen (secondary N) is 3. The molecule has 3 N–H and O–H groups in total. The molecule has 10 heteroatoms. The zero-order valence-corrected chi connectivity index (χ0v) is 19.4. The Balaban J connectivity index is 1.87. The minimum Gasteiger partial charge on any atom is -0.463 e. The van der Waals surface area contributed by atoms with Crippen LogP contribution >= 0.6 is 11.6 Å². The van der Waals surface area contributed by atoms with Gasteiger partial charge in [-0.2, -0.15) is 0 Å². The van der Waals surface area contributed by atoms with E-state index in [0.29, 0.717) is 10.6 Å². The lowest BCUT2D eigenvalue weighted by molar-refractivity contribution is -0.148. The van der Waals surface area contributed by atoms with E-state index in [9.17, 15) is 19.2 Å². The second-order valence-corrected chi connectivity index (χ2v) is 8.46. The molecule has 0 aromatic heterocycles. The molecule has 3 rings (SSSR count). The summed E-state index contributed by atoms with van der Waals surface area (Å²) in [4.78, 5) is 49.7. The summed E-state index contributed by atoms with van der Waals surface area (Å²) in [5, 5.41) is 8.45. The lowest BCUT2D eigenvalue weighted by Gasteiger charge is -2.30. The van der Waals surface area contributed by atoms with Gasteiger partial charge in [0.15, 0.2) is 0 Å². The van der Waals surface area contributed by atoms with Gasteiger partial charge in [-0.3, -0.25) is 4.79 Å². The van der Waals surface area contributed by atoms with Crippen molar-refractivity contribution < 1.29 is 28.7 Å². The molecule has 1 aromatic carbocycles. The normalized spacial score (nSPS) is 19.4. The fraction of sp³-hybridized carbons (Fsp3) is 0.478. The Morgan fingerprint density at radius 3 is 2.42 bits per heavy atom. The van der Waals surface area contributed by atoms with Crippen molar-refractivity contribution in [1.29, 1.82) is 0 Å². The van der Waals surface area contributed by atoms with Crippen LogP contribution in [-0.2, 0) is 23.9 Å². The Bertz CT molecular complexity index is 940. The highest BCUT2D eigenvalue weighted by atomic mass is 35.5. The van der Waals surface area contributed by atoms with Gasteiger partial charge in [0.25, 0.3) is 0 Å². The van der Waals surface area contributed by atoms with Gasteiger partial charge in [-0.25, -0.2) is 14.4 Å². The first-order valence-corrected chi connectivity index (χ1v) is 11.3. The number of hydrogen-bond acceptors (Lipinski definition) is 6. The van der Waals surface area contributed by atoms with Crippen molar-refractivity contribution in [2.24, 2.45) is 5.92 Å². The number of benzene rings is 1. The molecule has 1 aromatic rings. The number of urea groups is 1. The highest BCUT2D eigenvalue weighted by molar-refractivity contribution is 6.30. The van der Waals surface area contributed by atoms with Crippen molar-refractivity contribution in [3.63, 3.8) is 0 Å². The first kappa shape index (κ1) is 24.6. The molecule has 3 amide bonds. The smallest absolute Gasteiger partial charge is 0.338 e. The zero-order chi connectivity index (χ0) is 24.0. The quantitative estimate of drug-likeness (QED) is 0.495. The summed E-state index contributed by atoms with van der Waals surface area (Å²) in [5.74, 6) is -1.59. The summed E-state index contributed by atoms with van der Waals surface area (Å²) in [6.45, 7) is 2.79. The zero-order valence-electron chi connectivity index (χ0n) is 18.6. The van der Waals surface area contributed by atoms with Crippen LogP contribution in [0.25, 0.3) is 0 Å². The predicted octanol–water partition coefficient (Wildman–Crippen LogP) is 2.75. The molecular weight excluding hydrogens is 450 g/mol. The van der Waals surface area contributed by atoms with Crippen molar-refractivity contribution in [1.82, 2.24) is 16.0 Å². The van der Waals surface area contributed by atoms with Gasteiger partial charge in [0.1, 0.15) is 12.6 Å². The highest BCUT2D eigenvalue weighted by Gasteiger charge is 2.36. The van der Waals surface area contributed by atoms with Gasteiger partial charge in [0, 0.05) is 11.9 Å². The average Bonchev–Trinajstić information content (AvgIpc) is 3.30. The van der Waals surface area contributed by atoms with Crippen LogP contribution in [-0.4, -0.2) is 43.1 Å². The summed E-state index contributed by atoms with van der Waals surface area (Å²) >= 11 is 5.97. The third-order valence-corrected chi connectivity index (χ3v) is 5.95. The molecule has 9 nitrogen and oxygen atoms in total. The molecule has 1 saturated carbocycles. The maximum absolute atomic E-state index is 12.9. The van der Waals surface area contributed by atoms with E-state index in [2.05, 4.69) is 16.0 Å². The number of esters is 2. The van der Waals surface area contributed by atoms with E-state index >= 15 is 0 Å². The summed E-state index contributed by atoms with van der Waals surface area (Å²) in [6.07, 6.45) is 3.60. The van der Waals surface area contributed by atoms with Crippen LogP contribution in [0.4, 0.5) is 4.79 Å². The minimum atomic E-state index is -0.815. The van der Waals surface area contributed by atoms with Crippen LogP contribution in [0.2, 0.25) is 5.02 Å². The Morgan fingerprint density at radius 1 is 1.15 bits per heavy atom. The third-order valence-electron chi connectivity index (χ3n) is 5.70. The highest BCUT2D eigenvalue weighted by Crippen LogP contribution is 2.30. The summed E-state index contributed by atoms with van der Waals surface area (Å²) in [6, 6.07) is 4.53. The van der Waals surface area contributed by atoms with E-state index in [4.69, 9.17) is 21.1 Å². The first-order chi connectivity index (χ1) is 15.8. The van der Waals surface area contributed by atoms with Crippen molar-refractivity contribution in [2.45, 2.75) is 51.6 Å². The fourth-order valence-corrected chi connectivity index (χ4v) is 4.32. The van der Waals surface area contributed by atoms with Gasteiger partial charge in [0.05, 0.1) is 23.9 Å². The molecule has 1 aliphatic heterocycles. The van der Waals surface area contributed by atoms with Gasteiger partial charge in [-0.15, -0.1) is 0 Å². The predicted molar refractivity (Wildman–Crippen MR) is 120 cm³/mol. The number of ether oxygens (including phenoxy) is 2. The minimum absolute atomic E-state index is 0.00987. The molecule has 178 valence electrons. The first-order valence-electron chi connectivity index (χ1n) is 11.0. The molecule has 33 heavy (non-hydrogen) atoms. The molecular formula is C23H28ClN3O6. The van der Waals surface area contributed by atoms with Gasteiger partial charge >= 0.3 is 18.0 Å². The third kappa shape index (κ3) is 6.25. The molecule has 0 spiro atoms. The maximum Gasteiger partial charge on any atom is 0.338 e. The maximum atomic E-state index is 12.9. The van der Waals surface area contributed by atoms with E-state index in [1.807, 2.05) is 0 Å². The molecule has 2 atom stereocenters. The molecule has 1 heterocycles. The van der Waals surface area contributed by atoms with Crippen molar-refractivity contribution in [3.05, 3.63) is 46.1 Å². The Labute approximate surface area is 197 Å². The number of hydrogen-bond donors (Lipinski definition) is 3. The monoisotopic (exact) mass is 477 g/mol. The van der Waals surface area contributed by atoms with E-state index in [0.717, 1.165) is 25.7 Å². The van der Waals surface area contributed by atoms with Crippen molar-refractivity contribution >= 4 is 35.5 Å². The second-order valence-electron chi connectivity index (χ2n) is 8.03. The molecule has 0 radical (unpaired) electrons. The molecule has 0 bridgehead atoms. The Kier molecular flexibility index (Phi) is 8.32. The fourth-order valence-electron chi connectivity index (χ4n) is 4.20. The van der Waals surface area contributed by atoms with Crippen LogP contribution in [0.3, 0.4) is 0 Å². The van der Waals surface area contributed by atoms with E-state index < -0.39 is 30.1 Å². The van der Waals surface area contributed by atoms with Crippen LogP contribution in [0.15, 0.2) is 35.5 Å². The van der Waals surface area contributed by atoms with E-state index in [1.54, 1.807) is 31.2 Å². The second kappa shape index (κ2) is 11.2. The number of amides is 3. The van der Waals surface area contributed by atoms with Crippen LogP contribution in [0.1, 0.15) is 51.1 Å². The van der Waals surface area contributed by atoms with Gasteiger partial charge in [-0.1, -0.05) is 36.6 Å². The van der Waals surface area contributed by atoms with E-state index in [-0.39, 0.29) is 36.3 Å². The number of carbonyl (C=O) groups excluding carboxylic acids is 4. The molecule has 0 saturated heterocycles. The van der Waals surface area contributed by atoms with Crippen molar-refractivity contribution in [2.75, 3.05) is 13.2 Å². The van der Waals surface area contributed by atoms with Gasteiger partial charge < -0.3 is 25.4 Å². The van der Waals surface area contributed by atoms with Crippen LogP contribution < -0.4 is 16.0 Å². The summed E-state index contributed by atoms with van der Waals surface area (Å²) in [5.41, 5.74) is 0.866. The van der Waals surface area contributed by atoms with E-state index in [1.165, 1.54) is 6.92 Å². The summed E-state index contributed by atoms with van der Waals surface area (Å²) < 4.78 is 10.7. The largest absolute Gasteiger partial charge is 0.463 e. The standard InChI is InChI=1S/C23H28ClN3O6/c1-3-32-21(29)18-17(26-23(31)27-19(18)15-8-10-16(24)11-9-15)12-33-22(30)20(25-13(2)28)14-6-4-5-7-14/h8-11,14,19-20H,3-7,12H2,1-2H3,(H,25,28)(H2,26,27,31). The topological polar surface area (TPSA) is 123 Å². The Hall–Kier alpha value is -3.07. The van der Waals surface area contributed by atoms with Gasteiger partial charge in [0.2, 0.25) is 5.91 Å². The number of halogens is 1. The number of carbonyl (C=O) groups is 4.